The van der Waals surface area contributed by atoms with Crippen LogP contribution >= 0.6 is 0 Å². The van der Waals surface area contributed by atoms with E-state index in [4.69, 9.17) is 9.47 Å². The van der Waals surface area contributed by atoms with E-state index in [0.717, 1.165) is 11.6 Å². The van der Waals surface area contributed by atoms with Crippen LogP contribution in [0.25, 0.3) is 0 Å². The highest BCUT2D eigenvalue weighted by Gasteiger charge is 2.37. The Bertz CT molecular complexity index is 1490. The van der Waals surface area contributed by atoms with Crippen LogP contribution in [0.4, 0.5) is 16.3 Å². The lowest BCUT2D eigenvalue weighted by Gasteiger charge is -2.24. The SMILES string of the molecule is O=C(CO[C@@H]1C[C@@H](CNc2ccccn2)N(C(=O)OCc2ccccc2)C1)NC[C@H](NC(=O)c1ccccc1[N+](=O)[O-])C(=O)O. The molecule has 0 aliphatic carbocycles. The summed E-state index contributed by atoms with van der Waals surface area (Å²) in [6.07, 6.45) is 0.960. The highest BCUT2D eigenvalue weighted by Crippen LogP contribution is 2.23. The van der Waals surface area contributed by atoms with Crippen molar-refractivity contribution in [2.45, 2.75) is 31.2 Å². The van der Waals surface area contributed by atoms with Crippen molar-refractivity contribution in [2.24, 2.45) is 0 Å². The van der Waals surface area contributed by atoms with Gasteiger partial charge in [0.25, 0.3) is 11.6 Å². The molecule has 45 heavy (non-hydrogen) atoms. The molecule has 2 aromatic carbocycles. The average Bonchev–Trinajstić information content (AvgIpc) is 3.47. The number of nitrogens with zero attached hydrogens (tertiary/aromatic N) is 3. The minimum atomic E-state index is -1.57. The molecule has 15 nitrogen and oxygen atoms in total. The second kappa shape index (κ2) is 15.8. The Morgan fingerprint density at radius 1 is 1.04 bits per heavy atom. The van der Waals surface area contributed by atoms with E-state index in [9.17, 15) is 34.4 Å². The normalized spacial score (nSPS) is 16.3. The third kappa shape index (κ3) is 9.46. The maximum absolute atomic E-state index is 13.0. The maximum atomic E-state index is 13.0. The summed E-state index contributed by atoms with van der Waals surface area (Å²) in [7, 11) is 0. The number of pyridine rings is 1. The molecule has 0 saturated carbocycles. The molecule has 3 atom stereocenters. The molecule has 1 saturated heterocycles. The van der Waals surface area contributed by atoms with Gasteiger partial charge in [-0.25, -0.2) is 14.6 Å². The smallest absolute Gasteiger partial charge is 0.410 e. The molecule has 0 bridgehead atoms. The fourth-order valence-electron chi connectivity index (χ4n) is 4.62. The number of aliphatic carboxylic acids is 1. The summed E-state index contributed by atoms with van der Waals surface area (Å²) >= 11 is 0. The number of nitro groups is 1. The summed E-state index contributed by atoms with van der Waals surface area (Å²) in [5, 5.41) is 28.5. The number of carbonyl (C=O) groups is 4. The van der Waals surface area contributed by atoms with E-state index in [1.54, 1.807) is 18.3 Å². The zero-order chi connectivity index (χ0) is 32.2. The topological polar surface area (TPSA) is 202 Å². The van der Waals surface area contributed by atoms with E-state index in [1.807, 2.05) is 36.4 Å². The number of para-hydroxylation sites is 1. The molecule has 1 aliphatic heterocycles. The largest absolute Gasteiger partial charge is 0.480 e. The summed E-state index contributed by atoms with van der Waals surface area (Å²) in [5.41, 5.74) is 0.0266. The maximum Gasteiger partial charge on any atom is 0.410 e. The van der Waals surface area contributed by atoms with E-state index in [0.29, 0.717) is 18.8 Å². The molecule has 4 N–H and O–H groups in total. The van der Waals surface area contributed by atoms with Gasteiger partial charge in [-0.05, 0) is 30.2 Å². The molecule has 0 radical (unpaired) electrons. The fourth-order valence-corrected chi connectivity index (χ4v) is 4.62. The van der Waals surface area contributed by atoms with Gasteiger partial charge in [-0.1, -0.05) is 48.5 Å². The number of carboxylic acid groups (broad SMARTS) is 1. The summed E-state index contributed by atoms with van der Waals surface area (Å²) in [4.78, 5) is 66.0. The predicted molar refractivity (Wildman–Crippen MR) is 159 cm³/mol. The van der Waals surface area contributed by atoms with Crippen molar-refractivity contribution in [1.82, 2.24) is 20.5 Å². The van der Waals surface area contributed by atoms with Gasteiger partial charge < -0.3 is 35.4 Å². The number of hydrogen-bond donors (Lipinski definition) is 4. The second-order valence-corrected chi connectivity index (χ2v) is 10.1. The Labute approximate surface area is 257 Å². The van der Waals surface area contributed by atoms with Crippen molar-refractivity contribution in [3.8, 4) is 0 Å². The minimum Gasteiger partial charge on any atom is -0.480 e. The van der Waals surface area contributed by atoms with Gasteiger partial charge in [-0.2, -0.15) is 0 Å². The molecule has 1 aliphatic rings. The lowest BCUT2D eigenvalue weighted by molar-refractivity contribution is -0.385. The summed E-state index contributed by atoms with van der Waals surface area (Å²) in [6.45, 7) is -0.350. The van der Waals surface area contributed by atoms with Crippen molar-refractivity contribution in [1.29, 1.82) is 0 Å². The van der Waals surface area contributed by atoms with Crippen molar-refractivity contribution < 1.29 is 38.7 Å². The predicted octanol–water partition coefficient (Wildman–Crippen LogP) is 2.20. The number of nitrogens with one attached hydrogen (secondary N) is 3. The van der Waals surface area contributed by atoms with Crippen LogP contribution in [-0.4, -0.2) is 88.2 Å². The highest BCUT2D eigenvalue weighted by atomic mass is 16.6. The molecule has 4 rings (SSSR count). The van der Waals surface area contributed by atoms with Crippen LogP contribution in [-0.2, 0) is 25.7 Å². The van der Waals surface area contributed by atoms with E-state index in [-0.39, 0.29) is 24.8 Å². The number of amides is 3. The van der Waals surface area contributed by atoms with Crippen molar-refractivity contribution in [2.75, 3.05) is 31.6 Å². The average molecular weight is 621 g/mol. The van der Waals surface area contributed by atoms with Crippen LogP contribution in [0.2, 0.25) is 0 Å². The number of nitro benzene ring substituents is 1. The number of aromatic nitrogens is 1. The van der Waals surface area contributed by atoms with Gasteiger partial charge >= 0.3 is 12.1 Å². The molecular weight excluding hydrogens is 588 g/mol. The molecule has 0 unspecified atom stereocenters. The van der Waals surface area contributed by atoms with E-state index in [2.05, 4.69) is 20.9 Å². The number of carbonyl (C=O) groups excluding carboxylic acids is 3. The number of anilines is 1. The molecule has 1 fully saturated rings. The molecular formula is C30H32N6O9. The van der Waals surface area contributed by atoms with Gasteiger partial charge in [0.2, 0.25) is 5.91 Å². The first kappa shape index (κ1) is 32.3. The van der Waals surface area contributed by atoms with Gasteiger partial charge in [0.1, 0.15) is 30.6 Å². The molecule has 2 heterocycles. The summed E-state index contributed by atoms with van der Waals surface area (Å²) in [6, 6.07) is 17.8. The van der Waals surface area contributed by atoms with Gasteiger partial charge in [0.05, 0.1) is 23.6 Å². The first-order valence-electron chi connectivity index (χ1n) is 14.0. The first-order valence-corrected chi connectivity index (χ1v) is 14.0. The monoisotopic (exact) mass is 620 g/mol. The number of hydrogen-bond acceptors (Lipinski definition) is 10. The zero-order valence-electron chi connectivity index (χ0n) is 24.0. The standard InChI is InChI=1S/C30H32N6O9/c37-27(33-16-24(29(39)40)34-28(38)23-10-4-5-11-25(23)36(42)43)19-44-22-14-21(15-32-26-12-6-7-13-31-26)35(17-22)30(41)45-18-20-8-2-1-3-9-20/h1-13,21-22,24H,14-19H2,(H,31,32)(H,33,37)(H,34,38)(H,39,40)/t21-,22+,24-/m0/s1. The molecule has 0 spiro atoms. The van der Waals surface area contributed by atoms with Crippen LogP contribution in [0.1, 0.15) is 22.3 Å². The highest BCUT2D eigenvalue weighted by molar-refractivity contribution is 6.00. The number of ether oxygens (including phenoxy) is 2. The number of benzene rings is 2. The van der Waals surface area contributed by atoms with Crippen LogP contribution < -0.4 is 16.0 Å². The van der Waals surface area contributed by atoms with Crippen molar-refractivity contribution >= 4 is 35.4 Å². The lowest BCUT2D eigenvalue weighted by Crippen LogP contribution is -2.49. The van der Waals surface area contributed by atoms with Crippen LogP contribution in [0.3, 0.4) is 0 Å². The second-order valence-electron chi connectivity index (χ2n) is 10.1. The van der Waals surface area contributed by atoms with E-state index < -0.39 is 59.8 Å². The van der Waals surface area contributed by atoms with Crippen LogP contribution in [0, 0.1) is 10.1 Å². The Morgan fingerprint density at radius 3 is 2.49 bits per heavy atom. The third-order valence-electron chi connectivity index (χ3n) is 6.90. The first-order chi connectivity index (χ1) is 21.7. The fraction of sp³-hybridized carbons (Fsp3) is 0.300. The summed E-state index contributed by atoms with van der Waals surface area (Å²) in [5.74, 6) is -2.46. The van der Waals surface area contributed by atoms with Gasteiger partial charge in [-0.3, -0.25) is 19.7 Å². The molecule has 1 aromatic heterocycles. The number of carboxylic acids is 1. The molecule has 3 amide bonds. The van der Waals surface area contributed by atoms with E-state index in [1.165, 1.54) is 23.1 Å². The molecule has 3 aromatic rings. The Kier molecular flexibility index (Phi) is 11.3. The van der Waals surface area contributed by atoms with Crippen molar-refractivity contribution in [3.63, 3.8) is 0 Å². The Balaban J connectivity index is 1.30. The van der Waals surface area contributed by atoms with Crippen LogP contribution in [0.15, 0.2) is 79.0 Å². The third-order valence-corrected chi connectivity index (χ3v) is 6.90. The Morgan fingerprint density at radius 2 is 1.78 bits per heavy atom. The number of likely N-dealkylation sites (tertiary alicyclic amines) is 1. The van der Waals surface area contributed by atoms with Crippen molar-refractivity contribution in [3.05, 3.63) is 100 Å². The number of rotatable bonds is 14. The van der Waals surface area contributed by atoms with Gasteiger partial charge in [0, 0.05) is 25.4 Å². The van der Waals surface area contributed by atoms with E-state index >= 15 is 0 Å². The quantitative estimate of drug-likeness (QED) is 0.152. The lowest BCUT2D eigenvalue weighted by atomic mass is 10.1. The molecule has 236 valence electrons. The molecule has 15 heteroatoms. The Hall–Kier alpha value is -5.57. The van der Waals surface area contributed by atoms with Gasteiger partial charge in [-0.15, -0.1) is 0 Å². The zero-order valence-corrected chi connectivity index (χ0v) is 24.0. The van der Waals surface area contributed by atoms with Crippen LogP contribution in [0.5, 0.6) is 0 Å². The van der Waals surface area contributed by atoms with Gasteiger partial charge in [0.15, 0.2) is 0 Å². The summed E-state index contributed by atoms with van der Waals surface area (Å²) < 4.78 is 11.3. The minimum absolute atomic E-state index is 0.0867.